The summed E-state index contributed by atoms with van der Waals surface area (Å²) in [5, 5.41) is 7.14. The minimum absolute atomic E-state index is 0.0497. The lowest BCUT2D eigenvalue weighted by Gasteiger charge is -2.20. The molecule has 146 valence electrons. The third-order valence-corrected chi connectivity index (χ3v) is 6.79. The number of ether oxygens (including phenoxy) is 1. The highest BCUT2D eigenvalue weighted by Crippen LogP contribution is 2.69. The highest BCUT2D eigenvalue weighted by Gasteiger charge is 2.62. The van der Waals surface area contributed by atoms with E-state index in [1.807, 2.05) is 24.3 Å². The van der Waals surface area contributed by atoms with Crippen molar-refractivity contribution in [3.63, 3.8) is 0 Å². The maximum absolute atomic E-state index is 12.3. The van der Waals surface area contributed by atoms with Gasteiger partial charge < -0.3 is 14.6 Å². The molecule has 2 bridgehead atoms. The predicted octanol–water partition coefficient (Wildman–Crippen LogP) is 3.40. The van der Waals surface area contributed by atoms with Crippen LogP contribution < -0.4 is 10.1 Å². The molecule has 1 N–H and O–H groups in total. The second-order valence-corrected chi connectivity index (χ2v) is 8.26. The van der Waals surface area contributed by atoms with Crippen LogP contribution in [0.3, 0.4) is 0 Å². The van der Waals surface area contributed by atoms with Crippen molar-refractivity contribution in [3.05, 3.63) is 42.3 Å². The molecule has 1 aromatic carbocycles. The molecule has 1 heterocycles. The summed E-state index contributed by atoms with van der Waals surface area (Å²) < 4.78 is 10.7. The zero-order valence-corrected chi connectivity index (χ0v) is 16.1. The van der Waals surface area contributed by atoms with Crippen molar-refractivity contribution in [3.8, 4) is 17.1 Å². The van der Waals surface area contributed by atoms with Crippen LogP contribution >= 0.6 is 0 Å². The van der Waals surface area contributed by atoms with Crippen molar-refractivity contribution >= 4 is 5.91 Å². The molecule has 0 saturated heterocycles. The largest absolute Gasteiger partial charge is 0.496 e. The summed E-state index contributed by atoms with van der Waals surface area (Å²) in [5.74, 6) is 3.73. The number of aryl methyl sites for hydroxylation is 1. The Morgan fingerprint density at radius 2 is 2.18 bits per heavy atom. The van der Waals surface area contributed by atoms with Gasteiger partial charge in [0.1, 0.15) is 5.75 Å². The molecule has 0 unspecified atom stereocenters. The van der Waals surface area contributed by atoms with Gasteiger partial charge in [-0.15, -0.1) is 0 Å². The number of para-hydroxylation sites is 1. The number of allylic oxidation sites excluding steroid dienone is 2. The number of hydrogen-bond acceptors (Lipinski definition) is 5. The van der Waals surface area contributed by atoms with E-state index in [1.165, 1.54) is 19.3 Å². The lowest BCUT2D eigenvalue weighted by molar-refractivity contribution is -0.121. The van der Waals surface area contributed by atoms with Gasteiger partial charge in [-0.3, -0.25) is 4.79 Å². The van der Waals surface area contributed by atoms with E-state index < -0.39 is 0 Å². The molecule has 2 saturated carbocycles. The van der Waals surface area contributed by atoms with Crippen LogP contribution in [0.15, 0.2) is 40.9 Å². The minimum Gasteiger partial charge on any atom is -0.496 e. The Bertz CT molecular complexity index is 915. The number of carbonyl (C=O) groups is 1. The van der Waals surface area contributed by atoms with Crippen LogP contribution in [0, 0.1) is 23.2 Å². The quantitative estimate of drug-likeness (QED) is 0.746. The van der Waals surface area contributed by atoms with E-state index >= 15 is 0 Å². The van der Waals surface area contributed by atoms with Gasteiger partial charge in [-0.25, -0.2) is 0 Å². The van der Waals surface area contributed by atoms with E-state index in [4.69, 9.17) is 9.26 Å². The Hall–Kier alpha value is -2.63. The first-order valence-corrected chi connectivity index (χ1v) is 10.1. The number of rotatable bonds is 7. The smallest absolute Gasteiger partial charge is 0.227 e. The molecule has 0 radical (unpaired) electrons. The summed E-state index contributed by atoms with van der Waals surface area (Å²) in [6, 6.07) is 7.54. The minimum atomic E-state index is 0.0497. The fraction of sp³-hybridized carbons (Fsp3) is 0.500. The average molecular weight is 379 g/mol. The van der Waals surface area contributed by atoms with Crippen LogP contribution in [-0.2, 0) is 11.2 Å². The van der Waals surface area contributed by atoms with Crippen molar-refractivity contribution in [2.24, 2.45) is 23.2 Å². The third-order valence-electron chi connectivity index (χ3n) is 6.79. The highest BCUT2D eigenvalue weighted by molar-refractivity contribution is 5.76. The van der Waals surface area contributed by atoms with Crippen LogP contribution in [0.4, 0.5) is 0 Å². The monoisotopic (exact) mass is 379 g/mol. The van der Waals surface area contributed by atoms with Crippen LogP contribution in [0.1, 0.15) is 31.6 Å². The zero-order valence-electron chi connectivity index (χ0n) is 16.1. The number of aromatic nitrogens is 2. The molecule has 3 aliphatic rings. The van der Waals surface area contributed by atoms with Crippen LogP contribution in [0.25, 0.3) is 11.4 Å². The van der Waals surface area contributed by atoms with Gasteiger partial charge in [-0.1, -0.05) is 29.4 Å². The molecule has 28 heavy (non-hydrogen) atoms. The van der Waals surface area contributed by atoms with Gasteiger partial charge in [0.2, 0.25) is 17.6 Å². The van der Waals surface area contributed by atoms with Crippen molar-refractivity contribution in [2.45, 2.75) is 32.1 Å². The molecule has 2 aromatic rings. The zero-order chi connectivity index (χ0) is 19.1. The van der Waals surface area contributed by atoms with E-state index in [0.29, 0.717) is 47.6 Å². The molecular formula is C22H25N3O3. The third kappa shape index (κ3) is 2.91. The first-order chi connectivity index (χ1) is 13.7. The highest BCUT2D eigenvalue weighted by atomic mass is 16.5. The van der Waals surface area contributed by atoms with Crippen LogP contribution in [0.5, 0.6) is 5.75 Å². The van der Waals surface area contributed by atoms with Crippen molar-refractivity contribution in [1.29, 1.82) is 0 Å². The van der Waals surface area contributed by atoms with Gasteiger partial charge >= 0.3 is 0 Å². The fourth-order valence-electron chi connectivity index (χ4n) is 5.20. The number of hydrogen-bond donors (Lipinski definition) is 1. The number of methoxy groups -OCH3 is 1. The molecular weight excluding hydrogens is 354 g/mol. The van der Waals surface area contributed by atoms with Crippen LogP contribution in [0.2, 0.25) is 0 Å². The SMILES string of the molecule is COc1ccccc1-c1noc(CCC(=O)NC[C@H]2C[C@H]3C=C[C@H]2C32CC2)n1. The Labute approximate surface area is 164 Å². The Morgan fingerprint density at radius 3 is 2.96 bits per heavy atom. The van der Waals surface area contributed by atoms with E-state index in [1.54, 1.807) is 7.11 Å². The second-order valence-electron chi connectivity index (χ2n) is 8.26. The van der Waals surface area contributed by atoms with Gasteiger partial charge in [-0.05, 0) is 54.6 Å². The second kappa shape index (κ2) is 6.76. The van der Waals surface area contributed by atoms with E-state index in [-0.39, 0.29) is 5.91 Å². The van der Waals surface area contributed by atoms with E-state index in [0.717, 1.165) is 18.0 Å². The fourth-order valence-corrected chi connectivity index (χ4v) is 5.20. The lowest BCUT2D eigenvalue weighted by Crippen LogP contribution is -2.31. The molecule has 1 spiro atoms. The number of carbonyl (C=O) groups excluding carboxylic acids is 1. The Kier molecular flexibility index (Phi) is 4.22. The van der Waals surface area contributed by atoms with Gasteiger partial charge in [-0.2, -0.15) is 4.98 Å². The summed E-state index contributed by atoms with van der Waals surface area (Å²) in [6.07, 6.45) is 9.56. The molecule has 2 fully saturated rings. The summed E-state index contributed by atoms with van der Waals surface area (Å²) >= 11 is 0. The first-order valence-electron chi connectivity index (χ1n) is 10.1. The van der Waals surface area contributed by atoms with Crippen molar-refractivity contribution in [2.75, 3.05) is 13.7 Å². The molecule has 3 atom stereocenters. The van der Waals surface area contributed by atoms with Crippen molar-refractivity contribution in [1.82, 2.24) is 15.5 Å². The summed E-state index contributed by atoms with van der Waals surface area (Å²) in [4.78, 5) is 16.7. The van der Waals surface area contributed by atoms with Crippen LogP contribution in [-0.4, -0.2) is 29.7 Å². The molecule has 1 aromatic heterocycles. The normalized spacial score (nSPS) is 26.0. The van der Waals surface area contributed by atoms with Gasteiger partial charge in [0, 0.05) is 19.4 Å². The number of benzene rings is 1. The van der Waals surface area contributed by atoms with Gasteiger partial charge in [0.15, 0.2) is 0 Å². The van der Waals surface area contributed by atoms with Gasteiger partial charge in [0.25, 0.3) is 0 Å². The molecule has 0 aliphatic heterocycles. The Morgan fingerprint density at radius 1 is 1.32 bits per heavy atom. The standard InChI is InChI=1S/C22H25N3O3/c1-27-18-5-3-2-4-16(18)21-24-20(28-25-21)9-8-19(26)23-13-14-12-15-6-7-17(14)22(15)10-11-22/h2-7,14-15,17H,8-13H2,1H3,(H,23,26)/t14-,15-,17-/m1/s1. The number of nitrogens with zero attached hydrogens (tertiary/aromatic N) is 2. The maximum atomic E-state index is 12.3. The first kappa shape index (κ1) is 17.5. The molecule has 6 nitrogen and oxygen atoms in total. The van der Waals surface area contributed by atoms with E-state index in [9.17, 15) is 4.79 Å². The molecule has 1 amide bonds. The van der Waals surface area contributed by atoms with Gasteiger partial charge in [0.05, 0.1) is 12.7 Å². The molecule has 5 rings (SSSR count). The van der Waals surface area contributed by atoms with Crippen molar-refractivity contribution < 1.29 is 14.1 Å². The summed E-state index contributed by atoms with van der Waals surface area (Å²) in [7, 11) is 1.61. The Balaban J connectivity index is 1.13. The topological polar surface area (TPSA) is 77.2 Å². The summed E-state index contributed by atoms with van der Waals surface area (Å²) in [5.41, 5.74) is 1.36. The average Bonchev–Trinajstić information content (AvgIpc) is 3.15. The maximum Gasteiger partial charge on any atom is 0.227 e. The number of amides is 1. The molecule has 3 aliphatic carbocycles. The number of nitrogens with one attached hydrogen (secondary N) is 1. The van der Waals surface area contributed by atoms with E-state index in [2.05, 4.69) is 27.6 Å². The predicted molar refractivity (Wildman–Crippen MR) is 104 cm³/mol. The lowest BCUT2D eigenvalue weighted by atomic mass is 9.89. The molecule has 6 heteroatoms. The summed E-state index contributed by atoms with van der Waals surface area (Å²) in [6.45, 7) is 0.780.